The molecule has 0 aliphatic carbocycles. The van der Waals surface area contributed by atoms with Crippen LogP contribution in [-0.2, 0) is 4.79 Å². The molecule has 0 bridgehead atoms. The van der Waals surface area contributed by atoms with Crippen molar-refractivity contribution in [1.82, 2.24) is 0 Å². The Kier molecular flexibility index (Phi) is 6.16. The highest BCUT2D eigenvalue weighted by molar-refractivity contribution is 9.10. The molecule has 0 N–H and O–H groups in total. The van der Waals surface area contributed by atoms with E-state index in [1.807, 2.05) is 79.7 Å². The number of hydrogen-bond donors (Lipinski definition) is 0. The van der Waals surface area contributed by atoms with Crippen molar-refractivity contribution < 1.29 is 9.53 Å². The smallest absolute Gasteiger partial charge is 0.282 e. The van der Waals surface area contributed by atoms with E-state index in [9.17, 15) is 4.79 Å². The lowest BCUT2D eigenvalue weighted by atomic mass is 10.1. The van der Waals surface area contributed by atoms with Crippen LogP contribution in [0.3, 0.4) is 0 Å². The summed E-state index contributed by atoms with van der Waals surface area (Å²) in [4.78, 5) is 19.7. The number of ether oxygens (including phenoxy) is 1. The molecular formula is C24H18Br2N2O2. The summed E-state index contributed by atoms with van der Waals surface area (Å²) in [5, 5.41) is 0. The molecular weight excluding hydrogens is 508 g/mol. The summed E-state index contributed by atoms with van der Waals surface area (Å²) in [5.41, 5.74) is 2.86. The highest BCUT2D eigenvalue weighted by Crippen LogP contribution is 2.31. The van der Waals surface area contributed by atoms with Gasteiger partial charge in [-0.05, 0) is 61.0 Å². The van der Waals surface area contributed by atoms with E-state index in [2.05, 4.69) is 31.9 Å². The van der Waals surface area contributed by atoms with Crippen LogP contribution >= 0.6 is 31.9 Å². The standard InChI is InChI=1S/C24H18Br2N2O2/c1-2-30-19-12-10-18(11-13-19)28-23(20-8-3-4-9-21(20)26)27-22(24(28)29)15-16-6-5-7-17(25)14-16/h3-15H,2H2,1H3/b22-15+. The van der Waals surface area contributed by atoms with Crippen LogP contribution < -0.4 is 9.64 Å². The van der Waals surface area contributed by atoms with Crippen LogP contribution in [0.5, 0.6) is 5.75 Å². The number of carbonyl (C=O) groups excluding carboxylic acids is 1. The number of hydrogen-bond acceptors (Lipinski definition) is 3. The van der Waals surface area contributed by atoms with Gasteiger partial charge in [0.25, 0.3) is 5.91 Å². The molecule has 6 heteroatoms. The van der Waals surface area contributed by atoms with Gasteiger partial charge in [0.2, 0.25) is 0 Å². The summed E-state index contributed by atoms with van der Waals surface area (Å²) in [6, 6.07) is 23.0. The fourth-order valence-corrected chi connectivity index (χ4v) is 4.07. The molecule has 1 heterocycles. The number of carbonyl (C=O) groups is 1. The van der Waals surface area contributed by atoms with Crippen molar-refractivity contribution in [3.8, 4) is 5.75 Å². The normalized spacial score (nSPS) is 14.9. The van der Waals surface area contributed by atoms with Gasteiger partial charge < -0.3 is 4.74 Å². The number of aliphatic imine (C=N–C) groups is 1. The number of halogens is 2. The molecule has 150 valence electrons. The molecule has 4 nitrogen and oxygen atoms in total. The zero-order chi connectivity index (χ0) is 21.1. The molecule has 0 fully saturated rings. The number of benzene rings is 3. The van der Waals surface area contributed by atoms with Crippen molar-refractivity contribution in [1.29, 1.82) is 0 Å². The van der Waals surface area contributed by atoms with Gasteiger partial charge in [-0.1, -0.05) is 62.2 Å². The van der Waals surface area contributed by atoms with Gasteiger partial charge in [-0.25, -0.2) is 4.99 Å². The third-order valence-electron chi connectivity index (χ3n) is 4.53. The molecule has 0 spiro atoms. The highest BCUT2D eigenvalue weighted by Gasteiger charge is 2.33. The van der Waals surface area contributed by atoms with E-state index in [-0.39, 0.29) is 5.91 Å². The minimum atomic E-state index is -0.176. The first kappa shape index (κ1) is 20.6. The first-order valence-electron chi connectivity index (χ1n) is 9.45. The van der Waals surface area contributed by atoms with Crippen molar-refractivity contribution in [3.05, 3.63) is 98.6 Å². The maximum Gasteiger partial charge on any atom is 0.282 e. The van der Waals surface area contributed by atoms with Gasteiger partial charge in [0, 0.05) is 14.5 Å². The molecule has 0 saturated carbocycles. The second-order valence-electron chi connectivity index (χ2n) is 6.57. The van der Waals surface area contributed by atoms with Crippen molar-refractivity contribution in [2.24, 2.45) is 4.99 Å². The van der Waals surface area contributed by atoms with E-state index >= 15 is 0 Å². The molecule has 0 radical (unpaired) electrons. The van der Waals surface area contributed by atoms with Crippen LogP contribution in [0.1, 0.15) is 18.1 Å². The molecule has 0 atom stereocenters. The predicted octanol–water partition coefficient (Wildman–Crippen LogP) is 6.44. The largest absolute Gasteiger partial charge is 0.494 e. The van der Waals surface area contributed by atoms with E-state index in [1.165, 1.54) is 0 Å². The number of nitrogens with zero attached hydrogens (tertiary/aromatic N) is 2. The quantitative estimate of drug-likeness (QED) is 0.359. The topological polar surface area (TPSA) is 41.9 Å². The zero-order valence-electron chi connectivity index (χ0n) is 16.2. The van der Waals surface area contributed by atoms with E-state index in [0.29, 0.717) is 18.1 Å². The molecule has 0 saturated heterocycles. The number of rotatable bonds is 5. The highest BCUT2D eigenvalue weighted by atomic mass is 79.9. The third-order valence-corrected chi connectivity index (χ3v) is 5.72. The second-order valence-corrected chi connectivity index (χ2v) is 8.34. The summed E-state index contributed by atoms with van der Waals surface area (Å²) >= 11 is 7.06. The van der Waals surface area contributed by atoms with Crippen LogP contribution in [0.4, 0.5) is 5.69 Å². The lowest BCUT2D eigenvalue weighted by Crippen LogP contribution is -2.32. The van der Waals surface area contributed by atoms with Crippen molar-refractivity contribution in [2.75, 3.05) is 11.5 Å². The lowest BCUT2D eigenvalue weighted by Gasteiger charge is -2.19. The number of amidine groups is 1. The van der Waals surface area contributed by atoms with Gasteiger partial charge in [-0.15, -0.1) is 0 Å². The van der Waals surface area contributed by atoms with Crippen molar-refractivity contribution in [2.45, 2.75) is 6.92 Å². The Morgan fingerprint density at radius 3 is 2.47 bits per heavy atom. The Hall–Kier alpha value is -2.70. The summed E-state index contributed by atoms with van der Waals surface area (Å²) in [7, 11) is 0. The predicted molar refractivity (Wildman–Crippen MR) is 128 cm³/mol. The Morgan fingerprint density at radius 1 is 1.00 bits per heavy atom. The van der Waals surface area contributed by atoms with E-state index < -0.39 is 0 Å². The van der Waals surface area contributed by atoms with Gasteiger partial charge in [-0.3, -0.25) is 9.69 Å². The number of amides is 1. The molecule has 30 heavy (non-hydrogen) atoms. The average Bonchev–Trinajstić information content (AvgIpc) is 3.05. The molecule has 3 aromatic carbocycles. The molecule has 0 aromatic heterocycles. The Bertz CT molecular complexity index is 1150. The maximum atomic E-state index is 13.4. The molecule has 1 aliphatic rings. The first-order chi connectivity index (χ1) is 14.6. The molecule has 3 aromatic rings. The molecule has 1 amide bonds. The molecule has 4 rings (SSSR count). The molecule has 0 unspecified atom stereocenters. The minimum absolute atomic E-state index is 0.176. The average molecular weight is 526 g/mol. The number of anilines is 1. The van der Waals surface area contributed by atoms with Crippen LogP contribution in [-0.4, -0.2) is 18.3 Å². The second kappa shape index (κ2) is 8.98. The fourth-order valence-electron chi connectivity index (χ4n) is 3.19. The lowest BCUT2D eigenvalue weighted by molar-refractivity contribution is -0.113. The van der Waals surface area contributed by atoms with E-state index in [0.717, 1.165) is 31.5 Å². The first-order valence-corrected chi connectivity index (χ1v) is 11.0. The van der Waals surface area contributed by atoms with Crippen LogP contribution in [0, 0.1) is 0 Å². The zero-order valence-corrected chi connectivity index (χ0v) is 19.4. The monoisotopic (exact) mass is 524 g/mol. The molecule has 1 aliphatic heterocycles. The van der Waals surface area contributed by atoms with Gasteiger partial charge in [0.1, 0.15) is 17.3 Å². The van der Waals surface area contributed by atoms with E-state index in [1.54, 1.807) is 11.0 Å². The summed E-state index contributed by atoms with van der Waals surface area (Å²) in [6.45, 7) is 2.53. The minimum Gasteiger partial charge on any atom is -0.494 e. The summed E-state index contributed by atoms with van der Waals surface area (Å²) < 4.78 is 7.35. The van der Waals surface area contributed by atoms with Gasteiger partial charge in [0.05, 0.1) is 12.3 Å². The van der Waals surface area contributed by atoms with Crippen LogP contribution in [0.15, 0.2) is 92.4 Å². The van der Waals surface area contributed by atoms with E-state index in [4.69, 9.17) is 9.73 Å². The summed E-state index contributed by atoms with van der Waals surface area (Å²) in [5.74, 6) is 1.17. The van der Waals surface area contributed by atoms with Gasteiger partial charge in [-0.2, -0.15) is 0 Å². The SMILES string of the molecule is CCOc1ccc(N2C(=O)/C(=C\c3cccc(Br)c3)N=C2c2ccccc2Br)cc1. The maximum absolute atomic E-state index is 13.4. The summed E-state index contributed by atoms with van der Waals surface area (Å²) in [6.07, 6.45) is 1.80. The fraction of sp³-hybridized carbons (Fsp3) is 0.0833. The van der Waals surface area contributed by atoms with Crippen molar-refractivity contribution >= 4 is 55.4 Å². The van der Waals surface area contributed by atoms with Crippen LogP contribution in [0.2, 0.25) is 0 Å². The van der Waals surface area contributed by atoms with Crippen LogP contribution in [0.25, 0.3) is 6.08 Å². The van der Waals surface area contributed by atoms with Gasteiger partial charge >= 0.3 is 0 Å². The Labute approximate surface area is 192 Å². The Morgan fingerprint density at radius 2 is 1.77 bits per heavy atom. The van der Waals surface area contributed by atoms with Crippen molar-refractivity contribution in [3.63, 3.8) is 0 Å². The third kappa shape index (κ3) is 4.25. The van der Waals surface area contributed by atoms with Gasteiger partial charge in [0.15, 0.2) is 0 Å². The Balaban J connectivity index is 1.80.